The number of carbonyl (C=O) groups is 1. The van der Waals surface area contributed by atoms with Crippen molar-refractivity contribution in [1.82, 2.24) is 4.90 Å². The zero-order valence-electron chi connectivity index (χ0n) is 14.3. The molecule has 0 radical (unpaired) electrons. The van der Waals surface area contributed by atoms with Crippen molar-refractivity contribution in [2.75, 3.05) is 39.5 Å². The van der Waals surface area contributed by atoms with Gasteiger partial charge in [-0.1, -0.05) is 0 Å². The van der Waals surface area contributed by atoms with Crippen LogP contribution in [0.2, 0.25) is 0 Å². The van der Waals surface area contributed by atoms with E-state index in [4.69, 9.17) is 19.3 Å². The van der Waals surface area contributed by atoms with Crippen LogP contribution in [0.4, 0.5) is 0 Å². The van der Waals surface area contributed by atoms with Crippen molar-refractivity contribution in [3.05, 3.63) is 34.2 Å². The van der Waals surface area contributed by atoms with E-state index in [0.717, 1.165) is 6.42 Å². The van der Waals surface area contributed by atoms with E-state index in [1.165, 1.54) is 5.56 Å². The third-order valence-corrected chi connectivity index (χ3v) is 5.10. The van der Waals surface area contributed by atoms with Crippen LogP contribution in [0, 0.1) is 0 Å². The van der Waals surface area contributed by atoms with Gasteiger partial charge in [0.25, 0.3) is 5.91 Å². The topological polar surface area (TPSA) is 68.2 Å². The lowest BCUT2D eigenvalue weighted by molar-refractivity contribution is -0.155. The summed E-state index contributed by atoms with van der Waals surface area (Å²) in [6, 6.07) is 2.08. The van der Waals surface area contributed by atoms with Crippen LogP contribution < -0.4 is 0 Å². The maximum absolute atomic E-state index is 12.8. The van der Waals surface area contributed by atoms with E-state index in [-0.39, 0.29) is 18.4 Å². The van der Waals surface area contributed by atoms with Gasteiger partial charge in [-0.3, -0.25) is 4.79 Å². The molecule has 0 aliphatic carbocycles. The highest BCUT2D eigenvalue weighted by Gasteiger charge is 2.31. The van der Waals surface area contributed by atoms with Gasteiger partial charge < -0.3 is 24.2 Å². The smallest absolute Gasteiger partial charge is 0.288 e. The first kappa shape index (κ1) is 18.4. The number of allylic oxidation sites excluding steroid dienone is 1. The summed E-state index contributed by atoms with van der Waals surface area (Å²) in [5.74, 6) is 0.395. The predicted octanol–water partition coefficient (Wildman–Crippen LogP) is 2.11. The van der Waals surface area contributed by atoms with E-state index in [2.05, 4.69) is 11.4 Å². The monoisotopic (exact) mass is 367 g/mol. The van der Waals surface area contributed by atoms with Crippen molar-refractivity contribution < 1.29 is 24.1 Å². The van der Waals surface area contributed by atoms with Crippen molar-refractivity contribution in [2.45, 2.75) is 31.5 Å². The molecule has 1 aromatic rings. The van der Waals surface area contributed by atoms with Crippen LogP contribution in [0.5, 0.6) is 0 Å². The van der Waals surface area contributed by atoms with Gasteiger partial charge in [0.2, 0.25) is 6.29 Å². The van der Waals surface area contributed by atoms with Gasteiger partial charge in [-0.25, -0.2) is 0 Å². The molecule has 0 spiro atoms. The zero-order chi connectivity index (χ0) is 17.5. The molecule has 3 rings (SSSR count). The number of carbonyl (C=O) groups excluding carboxylic acids is 1. The minimum absolute atomic E-state index is 0.0906. The summed E-state index contributed by atoms with van der Waals surface area (Å²) in [7, 11) is 0. The highest BCUT2D eigenvalue weighted by Crippen LogP contribution is 2.33. The second-order valence-electron chi connectivity index (χ2n) is 6.18. The largest absolute Gasteiger partial charge is 0.459 e. The third kappa shape index (κ3) is 5.04. The molecule has 7 heteroatoms. The molecule has 2 unspecified atom stereocenters. The molecule has 1 N–H and O–H groups in total. The minimum Gasteiger partial charge on any atom is -0.459 e. The van der Waals surface area contributed by atoms with Gasteiger partial charge in [-0.2, -0.15) is 11.3 Å². The number of rotatable bonds is 7. The summed E-state index contributed by atoms with van der Waals surface area (Å²) in [6.07, 6.45) is 3.66. The van der Waals surface area contributed by atoms with Gasteiger partial charge in [0.05, 0.1) is 19.8 Å². The van der Waals surface area contributed by atoms with Crippen LogP contribution >= 0.6 is 11.3 Å². The van der Waals surface area contributed by atoms with Crippen LogP contribution in [0.3, 0.4) is 0 Å². The van der Waals surface area contributed by atoms with Crippen molar-refractivity contribution in [2.24, 2.45) is 0 Å². The highest BCUT2D eigenvalue weighted by atomic mass is 32.1. The number of ether oxygens (including phenoxy) is 3. The number of aliphatic hydroxyl groups excluding tert-OH is 1. The number of aliphatic hydroxyl groups is 1. The van der Waals surface area contributed by atoms with E-state index >= 15 is 0 Å². The fourth-order valence-electron chi connectivity index (χ4n) is 2.98. The third-order valence-electron chi connectivity index (χ3n) is 4.39. The van der Waals surface area contributed by atoms with Crippen LogP contribution in [0.1, 0.15) is 30.7 Å². The maximum Gasteiger partial charge on any atom is 0.288 e. The molecule has 0 bridgehead atoms. The molecule has 2 aliphatic heterocycles. The zero-order valence-corrected chi connectivity index (χ0v) is 15.1. The summed E-state index contributed by atoms with van der Waals surface area (Å²) in [5, 5.41) is 13.0. The molecule has 3 heterocycles. The molecule has 0 aromatic carbocycles. The molecule has 6 nitrogen and oxygen atoms in total. The number of amides is 1. The van der Waals surface area contributed by atoms with Gasteiger partial charge in [0, 0.05) is 32.0 Å². The summed E-state index contributed by atoms with van der Waals surface area (Å²) in [4.78, 5) is 14.6. The van der Waals surface area contributed by atoms with Crippen LogP contribution in [0.25, 0.3) is 0 Å². The SMILES string of the molecule is O=C(C1=CC(c2ccsc2)CC(OCCCCO)O1)N1CCOCC1. The lowest BCUT2D eigenvalue weighted by Gasteiger charge is -2.32. The number of thiophene rings is 1. The van der Waals surface area contributed by atoms with Gasteiger partial charge in [-0.15, -0.1) is 0 Å². The molecule has 2 aliphatic rings. The van der Waals surface area contributed by atoms with E-state index in [0.29, 0.717) is 51.5 Å². The first-order chi connectivity index (χ1) is 12.3. The Morgan fingerprint density at radius 1 is 1.36 bits per heavy atom. The Bertz CT molecular complexity index is 568. The number of hydrogen-bond acceptors (Lipinski definition) is 6. The Morgan fingerprint density at radius 3 is 2.92 bits per heavy atom. The van der Waals surface area contributed by atoms with Gasteiger partial charge >= 0.3 is 0 Å². The van der Waals surface area contributed by atoms with Crippen molar-refractivity contribution in [3.8, 4) is 0 Å². The number of nitrogens with zero attached hydrogens (tertiary/aromatic N) is 1. The van der Waals surface area contributed by atoms with Gasteiger partial charge in [-0.05, 0) is 41.3 Å². The number of morpholine rings is 1. The Hall–Kier alpha value is -1.41. The Balaban J connectivity index is 1.68. The molecule has 2 atom stereocenters. The van der Waals surface area contributed by atoms with E-state index in [9.17, 15) is 4.79 Å². The lowest BCUT2D eigenvalue weighted by atomic mass is 9.95. The predicted molar refractivity (Wildman–Crippen MR) is 94.3 cm³/mol. The fourth-order valence-corrected chi connectivity index (χ4v) is 3.70. The second kappa shape index (κ2) is 9.33. The normalized spacial score (nSPS) is 23.9. The first-order valence-corrected chi connectivity index (χ1v) is 9.72. The summed E-state index contributed by atoms with van der Waals surface area (Å²) in [6.45, 7) is 2.98. The fraction of sp³-hybridized carbons (Fsp3) is 0.611. The van der Waals surface area contributed by atoms with Crippen LogP contribution in [-0.4, -0.2) is 61.7 Å². The summed E-state index contributed by atoms with van der Waals surface area (Å²) >= 11 is 1.65. The van der Waals surface area contributed by atoms with E-state index < -0.39 is 6.29 Å². The number of hydrogen-bond donors (Lipinski definition) is 1. The molecule has 1 amide bonds. The molecule has 25 heavy (non-hydrogen) atoms. The average molecular weight is 367 g/mol. The standard InChI is InChI=1S/C18H25NO5S/c20-6-1-2-7-23-17-12-15(14-3-10-25-13-14)11-16(24-17)18(21)19-4-8-22-9-5-19/h3,10-11,13,15,17,20H,1-2,4-9,12H2. The number of unbranched alkanes of at least 4 members (excludes halogenated alkanes) is 1. The van der Waals surface area contributed by atoms with E-state index in [1.807, 2.05) is 11.5 Å². The maximum atomic E-state index is 12.8. The first-order valence-electron chi connectivity index (χ1n) is 8.78. The molecule has 138 valence electrons. The van der Waals surface area contributed by atoms with Crippen molar-refractivity contribution >= 4 is 17.2 Å². The summed E-state index contributed by atoms with van der Waals surface area (Å²) in [5.41, 5.74) is 1.18. The Labute approximate surface area is 152 Å². The Kier molecular flexibility index (Phi) is 6.86. The molecule has 0 saturated carbocycles. The highest BCUT2D eigenvalue weighted by molar-refractivity contribution is 7.08. The lowest BCUT2D eigenvalue weighted by Crippen LogP contribution is -2.43. The van der Waals surface area contributed by atoms with Crippen LogP contribution in [-0.2, 0) is 19.0 Å². The Morgan fingerprint density at radius 2 is 2.20 bits per heavy atom. The van der Waals surface area contributed by atoms with E-state index in [1.54, 1.807) is 16.2 Å². The van der Waals surface area contributed by atoms with Gasteiger partial charge in [0.15, 0.2) is 5.76 Å². The van der Waals surface area contributed by atoms with Gasteiger partial charge in [0.1, 0.15) is 0 Å². The van der Waals surface area contributed by atoms with Crippen LogP contribution in [0.15, 0.2) is 28.7 Å². The van der Waals surface area contributed by atoms with Crippen molar-refractivity contribution in [3.63, 3.8) is 0 Å². The molecule has 1 saturated heterocycles. The molecular formula is C18H25NO5S. The summed E-state index contributed by atoms with van der Waals surface area (Å²) < 4.78 is 17.0. The van der Waals surface area contributed by atoms with Crippen molar-refractivity contribution in [1.29, 1.82) is 0 Å². The average Bonchev–Trinajstić information content (AvgIpc) is 3.20. The quantitative estimate of drug-likeness (QED) is 0.748. The molecule has 1 fully saturated rings. The molecular weight excluding hydrogens is 342 g/mol. The minimum atomic E-state index is -0.436. The second-order valence-corrected chi connectivity index (χ2v) is 6.96. The molecule has 1 aromatic heterocycles.